The lowest BCUT2D eigenvalue weighted by Gasteiger charge is -2.37. The highest BCUT2D eigenvalue weighted by Crippen LogP contribution is 2.41. The molecular weight excluding hydrogens is 258 g/mol. The van der Waals surface area contributed by atoms with Crippen molar-refractivity contribution in [2.45, 2.75) is 52.5 Å². The molecule has 1 N–H and O–H groups in total. The molecule has 0 saturated heterocycles. The summed E-state index contributed by atoms with van der Waals surface area (Å²) in [6.45, 7) is 8.12. The summed E-state index contributed by atoms with van der Waals surface area (Å²) in [4.78, 5) is 0. The molecule has 4 atom stereocenters. The third-order valence-corrected chi connectivity index (χ3v) is 5.20. The Hall–Kier alpha value is -1.02. The number of ether oxygens (including phenoxy) is 1. The van der Waals surface area contributed by atoms with Crippen LogP contribution in [0.3, 0.4) is 0 Å². The molecule has 1 fully saturated rings. The van der Waals surface area contributed by atoms with Crippen LogP contribution in [0.15, 0.2) is 24.3 Å². The number of benzene rings is 1. The lowest BCUT2D eigenvalue weighted by Crippen LogP contribution is -2.34. The van der Waals surface area contributed by atoms with E-state index in [1.165, 1.54) is 31.2 Å². The number of hydrogen-bond donors (Lipinski definition) is 1. The van der Waals surface area contributed by atoms with Gasteiger partial charge in [-0.15, -0.1) is 0 Å². The minimum atomic E-state index is 0.427. The quantitative estimate of drug-likeness (QED) is 0.811. The van der Waals surface area contributed by atoms with Crippen LogP contribution in [0.1, 0.15) is 58.1 Å². The van der Waals surface area contributed by atoms with Gasteiger partial charge in [0.1, 0.15) is 5.75 Å². The lowest BCUT2D eigenvalue weighted by atomic mass is 9.72. The van der Waals surface area contributed by atoms with E-state index in [-0.39, 0.29) is 0 Å². The number of para-hydroxylation sites is 1. The van der Waals surface area contributed by atoms with Crippen LogP contribution in [0, 0.1) is 17.8 Å². The molecule has 118 valence electrons. The number of hydrogen-bond acceptors (Lipinski definition) is 2. The highest BCUT2D eigenvalue weighted by Gasteiger charge is 2.31. The normalized spacial score (nSPS) is 27.3. The van der Waals surface area contributed by atoms with Gasteiger partial charge in [0.15, 0.2) is 0 Å². The van der Waals surface area contributed by atoms with Gasteiger partial charge in [-0.05, 0) is 49.6 Å². The molecule has 0 radical (unpaired) electrons. The molecule has 1 aliphatic carbocycles. The Labute approximate surface area is 130 Å². The molecule has 0 heterocycles. The first kappa shape index (κ1) is 16.4. The zero-order valence-electron chi connectivity index (χ0n) is 14.1. The van der Waals surface area contributed by atoms with Crippen LogP contribution in [0.2, 0.25) is 0 Å². The minimum Gasteiger partial charge on any atom is -0.496 e. The Morgan fingerprint density at radius 1 is 1.19 bits per heavy atom. The maximum atomic E-state index is 5.61. The Morgan fingerprint density at radius 3 is 2.62 bits per heavy atom. The smallest absolute Gasteiger partial charge is 0.123 e. The van der Waals surface area contributed by atoms with Crippen molar-refractivity contribution in [3.8, 4) is 5.75 Å². The zero-order valence-corrected chi connectivity index (χ0v) is 14.1. The third-order valence-electron chi connectivity index (χ3n) is 5.20. The summed E-state index contributed by atoms with van der Waals surface area (Å²) in [5.41, 5.74) is 1.33. The second kappa shape index (κ2) is 7.84. The van der Waals surface area contributed by atoms with Crippen molar-refractivity contribution in [3.63, 3.8) is 0 Å². The first-order chi connectivity index (χ1) is 10.2. The van der Waals surface area contributed by atoms with Crippen molar-refractivity contribution in [1.82, 2.24) is 5.32 Å². The van der Waals surface area contributed by atoms with Crippen LogP contribution in [0.25, 0.3) is 0 Å². The summed E-state index contributed by atoms with van der Waals surface area (Å²) >= 11 is 0. The molecule has 21 heavy (non-hydrogen) atoms. The number of methoxy groups -OCH3 is 1. The van der Waals surface area contributed by atoms with E-state index in [9.17, 15) is 0 Å². The molecule has 0 aromatic heterocycles. The Kier molecular flexibility index (Phi) is 6.10. The highest BCUT2D eigenvalue weighted by atomic mass is 16.5. The molecule has 4 unspecified atom stereocenters. The molecular formula is C19H31NO. The second-order valence-electron chi connectivity index (χ2n) is 6.70. The molecule has 1 aliphatic rings. The summed E-state index contributed by atoms with van der Waals surface area (Å²) < 4.78 is 5.61. The van der Waals surface area contributed by atoms with Gasteiger partial charge in [-0.3, -0.25) is 0 Å². The van der Waals surface area contributed by atoms with E-state index >= 15 is 0 Å². The molecule has 2 nitrogen and oxygen atoms in total. The predicted molar refractivity (Wildman–Crippen MR) is 89.7 cm³/mol. The Morgan fingerprint density at radius 2 is 1.95 bits per heavy atom. The standard InChI is InChI=1S/C19H31NO/c1-5-12-20-19(16-11-10-14(2)15(3)13-16)17-8-6-7-9-18(17)21-4/h6-9,14-16,19-20H,5,10-13H2,1-4H3. The fraction of sp³-hybridized carbons (Fsp3) is 0.684. The van der Waals surface area contributed by atoms with Gasteiger partial charge in [-0.2, -0.15) is 0 Å². The van der Waals surface area contributed by atoms with Gasteiger partial charge in [0, 0.05) is 11.6 Å². The molecule has 1 aromatic rings. The van der Waals surface area contributed by atoms with Crippen molar-refractivity contribution in [2.24, 2.45) is 17.8 Å². The van der Waals surface area contributed by atoms with Crippen LogP contribution in [0.5, 0.6) is 5.75 Å². The van der Waals surface area contributed by atoms with Gasteiger partial charge < -0.3 is 10.1 Å². The highest BCUT2D eigenvalue weighted by molar-refractivity contribution is 5.36. The minimum absolute atomic E-state index is 0.427. The average Bonchev–Trinajstić information content (AvgIpc) is 2.51. The van der Waals surface area contributed by atoms with E-state index in [4.69, 9.17) is 4.74 Å². The Balaban J connectivity index is 2.21. The van der Waals surface area contributed by atoms with Gasteiger partial charge >= 0.3 is 0 Å². The van der Waals surface area contributed by atoms with E-state index in [0.717, 1.165) is 30.0 Å². The van der Waals surface area contributed by atoms with Gasteiger partial charge in [-0.25, -0.2) is 0 Å². The zero-order chi connectivity index (χ0) is 15.2. The van der Waals surface area contributed by atoms with Gasteiger partial charge in [0.25, 0.3) is 0 Å². The summed E-state index contributed by atoms with van der Waals surface area (Å²) in [6.07, 6.45) is 5.17. The molecule has 1 aromatic carbocycles. The van der Waals surface area contributed by atoms with Crippen LogP contribution in [-0.4, -0.2) is 13.7 Å². The summed E-state index contributed by atoms with van der Waals surface area (Å²) in [5, 5.41) is 3.79. The van der Waals surface area contributed by atoms with E-state index in [0.29, 0.717) is 6.04 Å². The van der Waals surface area contributed by atoms with Gasteiger partial charge in [0.2, 0.25) is 0 Å². The average molecular weight is 289 g/mol. The fourth-order valence-corrected chi connectivity index (χ4v) is 3.65. The number of rotatable bonds is 6. The first-order valence-corrected chi connectivity index (χ1v) is 8.53. The monoisotopic (exact) mass is 289 g/mol. The van der Waals surface area contributed by atoms with Crippen molar-refractivity contribution >= 4 is 0 Å². The molecule has 0 amide bonds. The summed E-state index contributed by atoms with van der Waals surface area (Å²) in [7, 11) is 1.78. The molecule has 0 bridgehead atoms. The van der Waals surface area contributed by atoms with Crippen LogP contribution in [0.4, 0.5) is 0 Å². The van der Waals surface area contributed by atoms with Gasteiger partial charge in [0.05, 0.1) is 7.11 Å². The SMILES string of the molecule is CCCNC(c1ccccc1OC)C1CCC(C)C(C)C1. The molecule has 0 spiro atoms. The second-order valence-corrected chi connectivity index (χ2v) is 6.70. The van der Waals surface area contributed by atoms with E-state index < -0.39 is 0 Å². The molecule has 2 rings (SSSR count). The van der Waals surface area contributed by atoms with Crippen molar-refractivity contribution in [1.29, 1.82) is 0 Å². The van der Waals surface area contributed by atoms with Crippen LogP contribution < -0.4 is 10.1 Å². The molecule has 0 aliphatic heterocycles. The maximum Gasteiger partial charge on any atom is 0.123 e. The van der Waals surface area contributed by atoms with Crippen molar-refractivity contribution < 1.29 is 4.74 Å². The van der Waals surface area contributed by atoms with Crippen molar-refractivity contribution in [3.05, 3.63) is 29.8 Å². The molecule has 1 saturated carbocycles. The Bertz CT molecular complexity index is 431. The topological polar surface area (TPSA) is 21.3 Å². The first-order valence-electron chi connectivity index (χ1n) is 8.53. The van der Waals surface area contributed by atoms with E-state index in [2.05, 4.69) is 50.4 Å². The van der Waals surface area contributed by atoms with E-state index in [1.54, 1.807) is 7.11 Å². The maximum absolute atomic E-state index is 5.61. The largest absolute Gasteiger partial charge is 0.496 e. The lowest BCUT2D eigenvalue weighted by molar-refractivity contribution is 0.169. The van der Waals surface area contributed by atoms with Crippen LogP contribution in [-0.2, 0) is 0 Å². The summed E-state index contributed by atoms with van der Waals surface area (Å²) in [6, 6.07) is 8.94. The number of nitrogens with one attached hydrogen (secondary N) is 1. The van der Waals surface area contributed by atoms with Crippen LogP contribution >= 0.6 is 0 Å². The summed E-state index contributed by atoms with van der Waals surface area (Å²) in [5.74, 6) is 3.44. The van der Waals surface area contributed by atoms with Crippen molar-refractivity contribution in [2.75, 3.05) is 13.7 Å². The van der Waals surface area contributed by atoms with Gasteiger partial charge in [-0.1, -0.05) is 45.4 Å². The third kappa shape index (κ3) is 4.00. The predicted octanol–water partition coefficient (Wildman–Crippen LogP) is 4.81. The van der Waals surface area contributed by atoms with E-state index in [1.807, 2.05) is 0 Å². The fourth-order valence-electron chi connectivity index (χ4n) is 3.65. The molecule has 2 heteroatoms.